The molecule has 3 rings (SSSR count). The van der Waals surface area contributed by atoms with Crippen LogP contribution in [0, 0.1) is 6.92 Å². The Morgan fingerprint density at radius 2 is 1.77 bits per heavy atom. The SMILES string of the molecule is CCOc1ccc(S(=O)(=O)NCc2nc(-c3ccc(C)cc3)no2)cc1. The minimum Gasteiger partial charge on any atom is -0.494 e. The van der Waals surface area contributed by atoms with Gasteiger partial charge in [-0.15, -0.1) is 0 Å². The Labute approximate surface area is 152 Å². The van der Waals surface area contributed by atoms with Gasteiger partial charge in [0, 0.05) is 5.56 Å². The fourth-order valence-electron chi connectivity index (χ4n) is 2.27. The molecule has 0 amide bonds. The van der Waals surface area contributed by atoms with Gasteiger partial charge in [0.2, 0.25) is 21.7 Å². The van der Waals surface area contributed by atoms with Crippen molar-refractivity contribution in [2.45, 2.75) is 25.3 Å². The van der Waals surface area contributed by atoms with E-state index in [1.807, 2.05) is 38.1 Å². The minimum atomic E-state index is -3.68. The van der Waals surface area contributed by atoms with Gasteiger partial charge in [0.05, 0.1) is 18.0 Å². The van der Waals surface area contributed by atoms with Gasteiger partial charge < -0.3 is 9.26 Å². The van der Waals surface area contributed by atoms with Crippen LogP contribution in [-0.4, -0.2) is 25.2 Å². The highest BCUT2D eigenvalue weighted by Crippen LogP contribution is 2.18. The van der Waals surface area contributed by atoms with Crippen LogP contribution in [0.1, 0.15) is 18.4 Å². The zero-order chi connectivity index (χ0) is 18.6. The molecule has 0 aliphatic carbocycles. The summed E-state index contributed by atoms with van der Waals surface area (Å²) in [4.78, 5) is 4.36. The maximum atomic E-state index is 12.3. The molecule has 136 valence electrons. The first-order valence-corrected chi connectivity index (χ1v) is 9.58. The van der Waals surface area contributed by atoms with Gasteiger partial charge in [-0.1, -0.05) is 35.0 Å². The van der Waals surface area contributed by atoms with Crippen LogP contribution in [0.15, 0.2) is 57.9 Å². The molecule has 3 aromatic rings. The first-order valence-electron chi connectivity index (χ1n) is 8.10. The first-order chi connectivity index (χ1) is 12.5. The zero-order valence-corrected chi connectivity index (χ0v) is 15.3. The lowest BCUT2D eigenvalue weighted by atomic mass is 10.1. The van der Waals surface area contributed by atoms with E-state index in [-0.39, 0.29) is 17.3 Å². The molecular formula is C18H19N3O4S. The lowest BCUT2D eigenvalue weighted by Crippen LogP contribution is -2.23. The number of benzene rings is 2. The molecule has 0 fully saturated rings. The van der Waals surface area contributed by atoms with Gasteiger partial charge >= 0.3 is 0 Å². The number of ether oxygens (including phenoxy) is 1. The van der Waals surface area contributed by atoms with E-state index in [0.717, 1.165) is 11.1 Å². The van der Waals surface area contributed by atoms with Gasteiger partial charge in [-0.25, -0.2) is 13.1 Å². The molecule has 0 atom stereocenters. The third-order valence-corrected chi connectivity index (χ3v) is 5.05. The molecule has 8 heteroatoms. The van der Waals surface area contributed by atoms with E-state index in [4.69, 9.17) is 9.26 Å². The Hall–Kier alpha value is -2.71. The summed E-state index contributed by atoms with van der Waals surface area (Å²) in [6, 6.07) is 13.8. The summed E-state index contributed by atoms with van der Waals surface area (Å²) in [6.07, 6.45) is 0. The zero-order valence-electron chi connectivity index (χ0n) is 14.5. The number of sulfonamides is 1. The van der Waals surface area contributed by atoms with Crippen LogP contribution in [0.4, 0.5) is 0 Å². The molecule has 0 bridgehead atoms. The molecule has 26 heavy (non-hydrogen) atoms. The highest BCUT2D eigenvalue weighted by Gasteiger charge is 2.16. The highest BCUT2D eigenvalue weighted by molar-refractivity contribution is 7.89. The van der Waals surface area contributed by atoms with E-state index < -0.39 is 10.0 Å². The number of nitrogens with zero attached hydrogens (tertiary/aromatic N) is 2. The van der Waals surface area contributed by atoms with Crippen molar-refractivity contribution in [1.82, 2.24) is 14.9 Å². The first kappa shape index (κ1) is 18.1. The molecule has 0 aliphatic rings. The summed E-state index contributed by atoms with van der Waals surface area (Å²) in [5, 5.41) is 3.88. The Balaban J connectivity index is 1.67. The standard InChI is InChI=1S/C18H19N3O4S/c1-3-24-15-8-10-16(11-9-15)26(22,23)19-12-17-20-18(21-25-17)14-6-4-13(2)5-7-14/h4-11,19H,3,12H2,1-2H3. The molecule has 0 saturated heterocycles. The Kier molecular flexibility index (Phi) is 5.34. The quantitative estimate of drug-likeness (QED) is 0.684. The van der Waals surface area contributed by atoms with E-state index in [9.17, 15) is 8.42 Å². The summed E-state index contributed by atoms with van der Waals surface area (Å²) in [6.45, 7) is 4.28. The molecule has 1 aromatic heterocycles. The van der Waals surface area contributed by atoms with Crippen LogP contribution in [0.2, 0.25) is 0 Å². The lowest BCUT2D eigenvalue weighted by Gasteiger charge is -2.06. The van der Waals surface area contributed by atoms with Crippen molar-refractivity contribution in [2.75, 3.05) is 6.61 Å². The maximum absolute atomic E-state index is 12.3. The van der Waals surface area contributed by atoms with E-state index in [1.165, 1.54) is 12.1 Å². The fourth-order valence-corrected chi connectivity index (χ4v) is 3.24. The van der Waals surface area contributed by atoms with E-state index in [1.54, 1.807) is 12.1 Å². The Bertz CT molecular complexity index is 964. The highest BCUT2D eigenvalue weighted by atomic mass is 32.2. The Morgan fingerprint density at radius 3 is 2.42 bits per heavy atom. The van der Waals surface area contributed by atoms with Gasteiger partial charge in [0.15, 0.2) is 0 Å². The summed E-state index contributed by atoms with van der Waals surface area (Å²) in [5.74, 6) is 1.22. The Morgan fingerprint density at radius 1 is 1.08 bits per heavy atom. The van der Waals surface area contributed by atoms with Crippen molar-refractivity contribution in [2.24, 2.45) is 0 Å². The molecule has 2 aromatic carbocycles. The molecule has 0 radical (unpaired) electrons. The van der Waals surface area contributed by atoms with E-state index >= 15 is 0 Å². The van der Waals surface area contributed by atoms with E-state index in [0.29, 0.717) is 18.2 Å². The average Bonchev–Trinajstić information content (AvgIpc) is 3.11. The second-order valence-corrected chi connectivity index (χ2v) is 7.37. The second-order valence-electron chi connectivity index (χ2n) is 5.61. The van der Waals surface area contributed by atoms with Crippen molar-refractivity contribution in [1.29, 1.82) is 0 Å². The molecule has 0 unspecified atom stereocenters. The van der Waals surface area contributed by atoms with E-state index in [2.05, 4.69) is 14.9 Å². The summed E-state index contributed by atoms with van der Waals surface area (Å²) in [5.41, 5.74) is 1.93. The van der Waals surface area contributed by atoms with Crippen LogP contribution < -0.4 is 9.46 Å². The van der Waals surface area contributed by atoms with Crippen molar-refractivity contribution in [3.8, 4) is 17.1 Å². The van der Waals surface area contributed by atoms with Gasteiger partial charge in [-0.05, 0) is 38.1 Å². The number of nitrogens with one attached hydrogen (secondary N) is 1. The van der Waals surface area contributed by atoms with Crippen molar-refractivity contribution in [3.05, 3.63) is 60.0 Å². The van der Waals surface area contributed by atoms with Gasteiger partial charge in [-0.2, -0.15) is 4.98 Å². The fraction of sp³-hybridized carbons (Fsp3) is 0.222. The van der Waals surface area contributed by atoms with Crippen molar-refractivity contribution < 1.29 is 17.7 Å². The number of hydrogen-bond acceptors (Lipinski definition) is 6. The smallest absolute Gasteiger partial charge is 0.242 e. The van der Waals surface area contributed by atoms with Crippen LogP contribution in [0.5, 0.6) is 5.75 Å². The maximum Gasteiger partial charge on any atom is 0.242 e. The molecule has 7 nitrogen and oxygen atoms in total. The summed E-state index contributed by atoms with van der Waals surface area (Å²) < 4.78 is 37.6. The monoisotopic (exact) mass is 373 g/mol. The van der Waals surface area contributed by atoms with Crippen LogP contribution in [-0.2, 0) is 16.6 Å². The molecule has 1 N–H and O–H groups in total. The second kappa shape index (κ2) is 7.67. The third kappa shape index (κ3) is 4.27. The number of hydrogen-bond donors (Lipinski definition) is 1. The van der Waals surface area contributed by atoms with Crippen molar-refractivity contribution >= 4 is 10.0 Å². The predicted molar refractivity (Wildman–Crippen MR) is 96.1 cm³/mol. The number of aromatic nitrogens is 2. The lowest BCUT2D eigenvalue weighted by molar-refractivity contribution is 0.340. The average molecular weight is 373 g/mol. The van der Waals surface area contributed by atoms with Crippen molar-refractivity contribution in [3.63, 3.8) is 0 Å². The minimum absolute atomic E-state index is 0.0889. The molecule has 0 spiro atoms. The molecule has 0 aliphatic heterocycles. The van der Waals surface area contributed by atoms with Crippen LogP contribution in [0.3, 0.4) is 0 Å². The van der Waals surface area contributed by atoms with Gasteiger partial charge in [-0.3, -0.25) is 0 Å². The third-order valence-electron chi connectivity index (χ3n) is 3.64. The molecule has 1 heterocycles. The molecular weight excluding hydrogens is 354 g/mol. The summed E-state index contributed by atoms with van der Waals surface area (Å²) in [7, 11) is -3.68. The van der Waals surface area contributed by atoms with Crippen LogP contribution >= 0.6 is 0 Å². The van der Waals surface area contributed by atoms with Crippen LogP contribution in [0.25, 0.3) is 11.4 Å². The number of aryl methyl sites for hydroxylation is 1. The predicted octanol–water partition coefficient (Wildman–Crippen LogP) is 2.92. The largest absolute Gasteiger partial charge is 0.494 e. The normalized spacial score (nSPS) is 11.5. The molecule has 0 saturated carbocycles. The van der Waals surface area contributed by atoms with Gasteiger partial charge in [0.25, 0.3) is 0 Å². The summed E-state index contributed by atoms with van der Waals surface area (Å²) >= 11 is 0. The number of rotatable bonds is 7. The topological polar surface area (TPSA) is 94.3 Å². The van der Waals surface area contributed by atoms with Gasteiger partial charge in [0.1, 0.15) is 5.75 Å².